The summed E-state index contributed by atoms with van der Waals surface area (Å²) in [5, 5.41) is 12.7. The molecule has 0 atom stereocenters. The van der Waals surface area contributed by atoms with Gasteiger partial charge >= 0.3 is 7.82 Å². The second-order valence-electron chi connectivity index (χ2n) is 6.77. The van der Waals surface area contributed by atoms with E-state index in [1.165, 1.54) is 20.0 Å². The van der Waals surface area contributed by atoms with Gasteiger partial charge in [-0.2, -0.15) is 0 Å². The summed E-state index contributed by atoms with van der Waals surface area (Å²) in [6.45, 7) is 1.87. The first-order valence-corrected chi connectivity index (χ1v) is 15.1. The first-order chi connectivity index (χ1) is 15.3. The van der Waals surface area contributed by atoms with E-state index in [0.717, 1.165) is 11.0 Å². The van der Waals surface area contributed by atoms with Gasteiger partial charge in [0.05, 0.1) is 27.9 Å². The van der Waals surface area contributed by atoms with Crippen molar-refractivity contribution in [1.29, 1.82) is 0 Å². The van der Waals surface area contributed by atoms with E-state index in [1.54, 1.807) is 4.90 Å². The van der Waals surface area contributed by atoms with E-state index < -0.39 is 34.2 Å². The van der Waals surface area contributed by atoms with Crippen LogP contribution < -0.4 is 4.90 Å². The number of phosphoric ester groups is 1. The van der Waals surface area contributed by atoms with E-state index in [2.05, 4.69) is 36.4 Å². The van der Waals surface area contributed by atoms with Crippen LogP contribution in [0.15, 0.2) is 17.0 Å². The van der Waals surface area contributed by atoms with Crippen molar-refractivity contribution >= 4 is 66.8 Å². The minimum absolute atomic E-state index is 0.00710. The average Bonchev–Trinajstić information content (AvgIpc) is 2.74. The summed E-state index contributed by atoms with van der Waals surface area (Å²) in [6.07, 6.45) is 0.0651. The van der Waals surface area contributed by atoms with Crippen LogP contribution in [0.1, 0.15) is 23.7 Å². The number of sulfone groups is 1. The molecule has 16 heteroatoms. The molecule has 0 spiro atoms. The molecule has 33 heavy (non-hydrogen) atoms. The monoisotopic (exact) mass is 637 g/mol. The van der Waals surface area contributed by atoms with Gasteiger partial charge in [0.25, 0.3) is 11.6 Å². The van der Waals surface area contributed by atoms with E-state index in [0.29, 0.717) is 23.7 Å². The van der Waals surface area contributed by atoms with E-state index >= 15 is 0 Å². The minimum atomic E-state index is -4.65. The van der Waals surface area contributed by atoms with Crippen LogP contribution in [-0.2, 0) is 18.9 Å². The number of phosphoric acid groups is 1. The lowest BCUT2D eigenvalue weighted by molar-refractivity contribution is -0.385. The number of amides is 1. The van der Waals surface area contributed by atoms with Crippen LogP contribution >= 0.6 is 39.7 Å². The van der Waals surface area contributed by atoms with E-state index in [4.69, 9.17) is 9.79 Å². The number of carbonyl (C=O) groups excluding carboxylic acids is 1. The fraction of sp³-hybridized carbons (Fsp3) is 0.588. The predicted molar refractivity (Wildman–Crippen MR) is 130 cm³/mol. The smallest absolute Gasteiger partial charge is 0.369 e. The number of benzene rings is 1. The molecule has 0 fully saturated rings. The molecule has 0 saturated carbocycles. The summed E-state index contributed by atoms with van der Waals surface area (Å²) in [5.74, 6) is -1.02. The van der Waals surface area contributed by atoms with Crippen molar-refractivity contribution in [1.82, 2.24) is 4.90 Å². The van der Waals surface area contributed by atoms with E-state index in [9.17, 15) is 27.9 Å². The van der Waals surface area contributed by atoms with Gasteiger partial charge in [-0.15, -0.1) is 0 Å². The van der Waals surface area contributed by atoms with Crippen molar-refractivity contribution in [2.45, 2.75) is 18.2 Å². The van der Waals surface area contributed by atoms with Crippen molar-refractivity contribution in [3.05, 3.63) is 27.8 Å². The molecular weight excluding hydrogens is 613 g/mol. The molecule has 0 unspecified atom stereocenters. The molecule has 0 aromatic heterocycles. The fourth-order valence-corrected chi connectivity index (χ4v) is 5.21. The Kier molecular flexibility index (Phi) is 11.9. The molecule has 12 nitrogen and oxygen atoms in total. The maximum absolute atomic E-state index is 13.0. The lowest BCUT2D eigenvalue weighted by Crippen LogP contribution is -2.32. The SMILES string of the molecule is CCS(=O)(=O)c1cc([N+](=O)[O-])c(C(=O)N(C)CCCOP(=O)(O)O)cc1N(CCBr)CCBr. The van der Waals surface area contributed by atoms with Gasteiger partial charge in [-0.05, 0) is 12.5 Å². The summed E-state index contributed by atoms with van der Waals surface area (Å²) < 4.78 is 40.6. The molecule has 1 aromatic rings. The summed E-state index contributed by atoms with van der Waals surface area (Å²) >= 11 is 6.62. The van der Waals surface area contributed by atoms with Gasteiger partial charge in [0, 0.05) is 43.4 Å². The number of hydrogen-bond donors (Lipinski definition) is 2. The molecule has 2 N–H and O–H groups in total. The van der Waals surface area contributed by atoms with Crippen LogP contribution in [0.4, 0.5) is 11.4 Å². The van der Waals surface area contributed by atoms with Crippen molar-refractivity contribution < 1.29 is 37.0 Å². The second kappa shape index (κ2) is 13.1. The zero-order valence-electron chi connectivity index (χ0n) is 18.0. The number of carbonyl (C=O) groups is 1. The van der Waals surface area contributed by atoms with Gasteiger partial charge in [0.15, 0.2) is 9.84 Å². The summed E-state index contributed by atoms with van der Waals surface area (Å²) in [5.41, 5.74) is -0.757. The van der Waals surface area contributed by atoms with Crippen molar-refractivity contribution in [3.63, 3.8) is 0 Å². The molecule has 0 radical (unpaired) electrons. The molecule has 0 aliphatic carbocycles. The number of halogens is 2. The van der Waals surface area contributed by atoms with Crippen molar-refractivity contribution in [2.75, 3.05) is 54.6 Å². The average molecular weight is 639 g/mol. The Labute approximate surface area is 208 Å². The maximum atomic E-state index is 13.0. The molecular formula is C17H26Br2N3O9PS. The third kappa shape index (κ3) is 8.89. The number of nitro groups is 1. The summed E-state index contributed by atoms with van der Waals surface area (Å²) in [6, 6.07) is 2.14. The fourth-order valence-electron chi connectivity index (χ4n) is 2.88. The van der Waals surface area contributed by atoms with Gasteiger partial charge in [0.2, 0.25) is 0 Å². The van der Waals surface area contributed by atoms with Gasteiger partial charge in [-0.3, -0.25) is 19.4 Å². The molecule has 0 heterocycles. The second-order valence-corrected chi connectivity index (χ2v) is 11.8. The topological polar surface area (TPSA) is 168 Å². The summed E-state index contributed by atoms with van der Waals surface area (Å²) in [4.78, 5) is 44.0. The molecule has 0 aliphatic heterocycles. The molecule has 1 amide bonds. The number of nitrogens with zero attached hydrogens (tertiary/aromatic N) is 3. The molecule has 188 valence electrons. The highest BCUT2D eigenvalue weighted by atomic mass is 79.9. The van der Waals surface area contributed by atoms with Crippen molar-refractivity contribution in [3.8, 4) is 0 Å². The number of hydrogen-bond acceptors (Lipinski definition) is 8. The highest BCUT2D eigenvalue weighted by Crippen LogP contribution is 2.36. The van der Waals surface area contributed by atoms with Crippen LogP contribution in [0.5, 0.6) is 0 Å². The quantitative estimate of drug-likeness (QED) is 0.102. The van der Waals surface area contributed by atoms with Gasteiger partial charge < -0.3 is 19.6 Å². The number of nitro benzene ring substituents is 1. The minimum Gasteiger partial charge on any atom is -0.369 e. The Hall–Kier alpha value is -1.09. The van der Waals surface area contributed by atoms with Crippen LogP contribution in [0.25, 0.3) is 0 Å². The Balaban J connectivity index is 3.49. The third-order valence-corrected chi connectivity index (χ3v) is 7.50. The summed E-state index contributed by atoms with van der Waals surface area (Å²) in [7, 11) is -7.13. The first kappa shape index (κ1) is 29.9. The van der Waals surface area contributed by atoms with Crippen LogP contribution in [0, 0.1) is 10.1 Å². The number of rotatable bonds is 14. The number of alkyl halides is 2. The molecule has 1 rings (SSSR count). The first-order valence-electron chi connectivity index (χ1n) is 9.66. The molecule has 0 bridgehead atoms. The van der Waals surface area contributed by atoms with Crippen LogP contribution in [-0.4, -0.2) is 83.6 Å². The Bertz CT molecular complexity index is 998. The Morgan fingerprint density at radius 1 is 1.21 bits per heavy atom. The lowest BCUT2D eigenvalue weighted by Gasteiger charge is -2.26. The van der Waals surface area contributed by atoms with E-state index in [1.807, 2.05) is 0 Å². The zero-order valence-corrected chi connectivity index (χ0v) is 22.9. The predicted octanol–water partition coefficient (Wildman–Crippen LogP) is 2.56. The normalized spacial score (nSPS) is 11.9. The van der Waals surface area contributed by atoms with Gasteiger partial charge in [0.1, 0.15) is 5.56 Å². The van der Waals surface area contributed by atoms with Crippen LogP contribution in [0.2, 0.25) is 0 Å². The highest BCUT2D eigenvalue weighted by molar-refractivity contribution is 9.09. The Morgan fingerprint density at radius 3 is 2.24 bits per heavy atom. The molecule has 0 saturated heterocycles. The van der Waals surface area contributed by atoms with Crippen LogP contribution in [0.3, 0.4) is 0 Å². The van der Waals surface area contributed by atoms with Gasteiger partial charge in [-0.1, -0.05) is 38.8 Å². The third-order valence-electron chi connectivity index (χ3n) is 4.51. The maximum Gasteiger partial charge on any atom is 0.469 e. The highest BCUT2D eigenvalue weighted by Gasteiger charge is 2.31. The van der Waals surface area contributed by atoms with E-state index in [-0.39, 0.29) is 41.5 Å². The zero-order chi connectivity index (χ0) is 25.4. The number of anilines is 1. The van der Waals surface area contributed by atoms with Crippen molar-refractivity contribution in [2.24, 2.45) is 0 Å². The van der Waals surface area contributed by atoms with Gasteiger partial charge in [-0.25, -0.2) is 13.0 Å². The molecule has 1 aromatic carbocycles. The lowest BCUT2D eigenvalue weighted by atomic mass is 10.1. The largest absolute Gasteiger partial charge is 0.469 e. The molecule has 0 aliphatic rings. The standard InChI is InChI=1S/C17H26Br2N3O9PS/c1-3-33(29,30)16-12-14(22(24)25)13(11-15(16)21(8-5-18)9-6-19)17(23)20(2)7-4-10-31-32(26,27)28/h11-12H,3-10H2,1-2H3,(H2,26,27,28). The Morgan fingerprint density at radius 2 is 1.79 bits per heavy atom.